The zero-order valence-electron chi connectivity index (χ0n) is 13.9. The average molecular weight is 383 g/mol. The number of rotatable bonds is 0. The number of hydrogen-bond donors (Lipinski definition) is 1. The highest BCUT2D eigenvalue weighted by Crippen LogP contribution is 2.71. The van der Waals surface area contributed by atoms with Gasteiger partial charge in [0.05, 0.1) is 23.1 Å². The Morgan fingerprint density at radius 1 is 1.22 bits per heavy atom. The highest BCUT2D eigenvalue weighted by Gasteiger charge is 2.72. The van der Waals surface area contributed by atoms with Crippen LogP contribution in [-0.2, 0) is 9.53 Å². The van der Waals surface area contributed by atoms with Crippen LogP contribution in [-0.4, -0.2) is 34.0 Å². The van der Waals surface area contributed by atoms with Gasteiger partial charge in [-0.15, -0.1) is 0 Å². The van der Waals surface area contributed by atoms with E-state index < -0.39 is 0 Å². The first-order chi connectivity index (χ1) is 10.9. The first kappa shape index (κ1) is 15.3. The van der Waals surface area contributed by atoms with Gasteiger partial charge < -0.3 is 9.84 Å². The van der Waals surface area contributed by atoms with Crippen LogP contribution >= 0.6 is 15.9 Å². The lowest BCUT2D eigenvalue weighted by Crippen LogP contribution is -2.63. The zero-order chi connectivity index (χ0) is 16.0. The molecule has 5 aliphatic rings. The predicted molar refractivity (Wildman–Crippen MR) is 90.4 cm³/mol. The summed E-state index contributed by atoms with van der Waals surface area (Å²) in [7, 11) is 0. The van der Waals surface area contributed by atoms with Gasteiger partial charge in [-0.2, -0.15) is 0 Å². The molecule has 4 saturated carbocycles. The molecular weight excluding hydrogens is 356 g/mol. The van der Waals surface area contributed by atoms with Gasteiger partial charge in [0, 0.05) is 17.3 Å². The van der Waals surface area contributed by atoms with Crippen molar-refractivity contribution in [3.8, 4) is 0 Å². The highest BCUT2D eigenvalue weighted by atomic mass is 79.9. The van der Waals surface area contributed by atoms with Gasteiger partial charge in [-0.1, -0.05) is 22.9 Å². The lowest BCUT2D eigenvalue weighted by molar-refractivity contribution is -0.136. The average Bonchev–Trinajstić information content (AvgIpc) is 2.88. The molecule has 3 nitrogen and oxygen atoms in total. The molecule has 0 aromatic rings. The van der Waals surface area contributed by atoms with E-state index in [1.165, 1.54) is 6.42 Å². The summed E-state index contributed by atoms with van der Waals surface area (Å²) < 4.78 is 6.29. The predicted octanol–water partition coefficient (Wildman–Crippen LogP) is 3.47. The maximum absolute atomic E-state index is 12.5. The second-order valence-corrected chi connectivity index (χ2v) is 10.7. The van der Waals surface area contributed by atoms with Crippen LogP contribution in [0.5, 0.6) is 0 Å². The van der Waals surface area contributed by atoms with Crippen LogP contribution in [0, 0.1) is 28.6 Å². The molecule has 1 aliphatic heterocycles. The van der Waals surface area contributed by atoms with Gasteiger partial charge in [-0.3, -0.25) is 4.79 Å². The number of aliphatic hydroxyl groups excluding tert-OH is 1. The molecule has 1 saturated heterocycles. The van der Waals surface area contributed by atoms with E-state index in [0.29, 0.717) is 23.5 Å². The summed E-state index contributed by atoms with van der Waals surface area (Å²) >= 11 is 4.11. The summed E-state index contributed by atoms with van der Waals surface area (Å²) in [5.41, 5.74) is 0.129. The summed E-state index contributed by atoms with van der Waals surface area (Å²) in [6.07, 6.45) is 8.06. The molecule has 0 aromatic heterocycles. The van der Waals surface area contributed by atoms with Crippen molar-refractivity contribution in [2.45, 2.75) is 74.8 Å². The third-order valence-electron chi connectivity index (χ3n) is 8.68. The third kappa shape index (κ3) is 1.67. The molecule has 23 heavy (non-hydrogen) atoms. The number of alkyl halides is 1. The van der Waals surface area contributed by atoms with Crippen LogP contribution in [0.1, 0.15) is 58.3 Å². The zero-order valence-corrected chi connectivity index (χ0v) is 15.5. The van der Waals surface area contributed by atoms with Crippen molar-refractivity contribution >= 4 is 21.7 Å². The van der Waals surface area contributed by atoms with E-state index >= 15 is 0 Å². The number of carbonyl (C=O) groups excluding carboxylic acids is 1. The minimum absolute atomic E-state index is 0.0326. The van der Waals surface area contributed by atoms with Crippen LogP contribution in [0.15, 0.2) is 0 Å². The summed E-state index contributed by atoms with van der Waals surface area (Å²) in [4.78, 5) is 12.5. The Hall–Kier alpha value is 0.0700. The Kier molecular flexibility index (Phi) is 3.08. The third-order valence-corrected chi connectivity index (χ3v) is 10.3. The number of halogens is 1. The fraction of sp³-hybridized carbons (Fsp3) is 0.947. The Bertz CT molecular complexity index is 565. The van der Waals surface area contributed by atoms with Gasteiger partial charge in [0.2, 0.25) is 0 Å². The minimum Gasteiger partial charge on any atom is -0.393 e. The minimum atomic E-state index is -0.190. The van der Waals surface area contributed by atoms with Crippen LogP contribution in [0.3, 0.4) is 0 Å². The molecule has 4 aliphatic carbocycles. The highest BCUT2D eigenvalue weighted by molar-refractivity contribution is 9.10. The molecule has 5 fully saturated rings. The normalized spacial score (nSPS) is 61.0. The van der Waals surface area contributed by atoms with E-state index in [-0.39, 0.29) is 27.4 Å². The molecule has 2 bridgehead atoms. The second kappa shape index (κ2) is 4.62. The van der Waals surface area contributed by atoms with Crippen molar-refractivity contribution in [3.05, 3.63) is 0 Å². The Labute approximate surface area is 146 Å². The van der Waals surface area contributed by atoms with Gasteiger partial charge in [-0.25, -0.2) is 0 Å². The van der Waals surface area contributed by atoms with E-state index in [1.54, 1.807) is 0 Å². The molecule has 1 heterocycles. The summed E-state index contributed by atoms with van der Waals surface area (Å²) in [5.74, 6) is 2.39. The molecule has 0 radical (unpaired) electrons. The van der Waals surface area contributed by atoms with Crippen molar-refractivity contribution in [2.75, 3.05) is 6.61 Å². The molecule has 1 unspecified atom stereocenters. The second-order valence-electron chi connectivity index (χ2n) is 9.25. The maximum atomic E-state index is 12.5. The number of Topliss-reactive ketones (excluding diaryl/α,β-unsaturated/α-hetero) is 1. The van der Waals surface area contributed by atoms with Crippen molar-refractivity contribution in [2.24, 2.45) is 28.6 Å². The van der Waals surface area contributed by atoms with E-state index in [9.17, 15) is 9.90 Å². The first-order valence-corrected chi connectivity index (χ1v) is 10.2. The standard InChI is InChI=1S/C19H27BrO3/c1-17-6-5-14-12(13(17)2-3-15(17)22)8-16-19(20)9-11(21)4-7-18(14,19)10-23-16/h11-14,16,21H,2-10H2,1H3/t11-,12-,13-,14+,16+,17-,18+,19?/m0/s1. The van der Waals surface area contributed by atoms with Gasteiger partial charge in [-0.05, 0) is 62.7 Å². The van der Waals surface area contributed by atoms with E-state index in [0.717, 1.165) is 51.6 Å². The number of fused-ring (bicyclic) bond motifs is 3. The molecule has 128 valence electrons. The Morgan fingerprint density at radius 2 is 2.04 bits per heavy atom. The van der Waals surface area contributed by atoms with Gasteiger partial charge in [0.25, 0.3) is 0 Å². The number of ether oxygens (including phenoxy) is 1. The van der Waals surface area contributed by atoms with Crippen LogP contribution in [0.2, 0.25) is 0 Å². The first-order valence-electron chi connectivity index (χ1n) is 9.43. The largest absolute Gasteiger partial charge is 0.393 e. The van der Waals surface area contributed by atoms with E-state index in [2.05, 4.69) is 22.9 Å². The van der Waals surface area contributed by atoms with Gasteiger partial charge in [0.1, 0.15) is 5.78 Å². The summed E-state index contributed by atoms with van der Waals surface area (Å²) in [6, 6.07) is 0. The van der Waals surface area contributed by atoms with Gasteiger partial charge in [0.15, 0.2) is 0 Å². The fourth-order valence-electron chi connectivity index (χ4n) is 7.48. The summed E-state index contributed by atoms with van der Waals surface area (Å²) in [5, 5.41) is 10.3. The smallest absolute Gasteiger partial charge is 0.139 e. The van der Waals surface area contributed by atoms with Crippen molar-refractivity contribution in [3.63, 3.8) is 0 Å². The lowest BCUT2D eigenvalue weighted by Gasteiger charge is -2.61. The molecule has 0 aromatic carbocycles. The topological polar surface area (TPSA) is 46.5 Å². The molecule has 1 N–H and O–H groups in total. The van der Waals surface area contributed by atoms with Crippen molar-refractivity contribution in [1.29, 1.82) is 0 Å². The molecule has 0 amide bonds. The van der Waals surface area contributed by atoms with Crippen molar-refractivity contribution < 1.29 is 14.6 Å². The number of carbonyl (C=O) groups is 1. The fourth-order valence-corrected chi connectivity index (χ4v) is 8.78. The van der Waals surface area contributed by atoms with Crippen LogP contribution in [0.25, 0.3) is 0 Å². The Balaban J connectivity index is 1.56. The Morgan fingerprint density at radius 3 is 2.87 bits per heavy atom. The van der Waals surface area contributed by atoms with Crippen LogP contribution in [0.4, 0.5) is 0 Å². The number of ketones is 1. The molecule has 8 atom stereocenters. The molecule has 5 rings (SSSR count). The quantitative estimate of drug-likeness (QED) is 0.652. The van der Waals surface area contributed by atoms with E-state index in [1.807, 2.05) is 0 Å². The monoisotopic (exact) mass is 382 g/mol. The molecule has 0 spiro atoms. The lowest BCUT2D eigenvalue weighted by atomic mass is 9.45. The van der Waals surface area contributed by atoms with Gasteiger partial charge >= 0.3 is 0 Å². The number of aliphatic hydroxyl groups is 1. The SMILES string of the molecule is C[C@]12CC[C@@H]3[C@@H](C[C@H]4OC[C@]35CC[C@H](O)CC45Br)[C@@H]1CCC2=O. The van der Waals surface area contributed by atoms with Crippen molar-refractivity contribution in [1.82, 2.24) is 0 Å². The van der Waals surface area contributed by atoms with Crippen LogP contribution < -0.4 is 0 Å². The maximum Gasteiger partial charge on any atom is 0.139 e. The number of hydrogen-bond acceptors (Lipinski definition) is 3. The summed E-state index contributed by atoms with van der Waals surface area (Å²) in [6.45, 7) is 3.10. The molecular formula is C19H27BrO3. The molecule has 4 heteroatoms. The van der Waals surface area contributed by atoms with E-state index in [4.69, 9.17) is 4.74 Å².